The minimum Gasteiger partial charge on any atom is -0.459 e. The van der Waals surface area contributed by atoms with Crippen LogP contribution in [0.2, 0.25) is 0 Å². The number of nitrogens with zero attached hydrogens (tertiary/aromatic N) is 1. The average Bonchev–Trinajstić information content (AvgIpc) is 3.44. The lowest BCUT2D eigenvalue weighted by Gasteiger charge is -2.18. The minimum atomic E-state index is -0.692. The van der Waals surface area contributed by atoms with Gasteiger partial charge in [0.2, 0.25) is 5.91 Å². The molecular weight excluding hydrogens is 458 g/mol. The van der Waals surface area contributed by atoms with Crippen molar-refractivity contribution in [3.8, 4) is 0 Å². The Hall–Kier alpha value is -3.92. The van der Waals surface area contributed by atoms with E-state index >= 15 is 0 Å². The van der Waals surface area contributed by atoms with Gasteiger partial charge in [-0.3, -0.25) is 14.4 Å². The molecular formula is C24H25N3O6S. The molecule has 2 N–H and O–H groups in total. The van der Waals surface area contributed by atoms with E-state index in [2.05, 4.69) is 10.6 Å². The molecule has 0 unspecified atom stereocenters. The SMILES string of the molecule is Cc1cc(NC(=O)c2ccco2)sc1C(=O)OCC(=O)N(C)CC(=O)Nc1c(C)cccc1C. The van der Waals surface area contributed by atoms with Crippen LogP contribution in [0.3, 0.4) is 0 Å². The lowest BCUT2D eigenvalue weighted by molar-refractivity contribution is -0.136. The molecule has 2 aromatic heterocycles. The van der Waals surface area contributed by atoms with Crippen molar-refractivity contribution in [2.24, 2.45) is 0 Å². The average molecular weight is 484 g/mol. The van der Waals surface area contributed by atoms with Gasteiger partial charge >= 0.3 is 5.97 Å². The Morgan fingerprint density at radius 1 is 1.00 bits per heavy atom. The number of para-hydroxylation sites is 1. The number of thiophene rings is 1. The molecule has 1 aromatic carbocycles. The van der Waals surface area contributed by atoms with Gasteiger partial charge in [0.25, 0.3) is 11.8 Å². The highest BCUT2D eigenvalue weighted by molar-refractivity contribution is 7.18. The van der Waals surface area contributed by atoms with Gasteiger partial charge in [0.05, 0.1) is 17.8 Å². The van der Waals surface area contributed by atoms with Crippen LogP contribution < -0.4 is 10.6 Å². The molecule has 34 heavy (non-hydrogen) atoms. The van der Waals surface area contributed by atoms with Gasteiger partial charge in [0, 0.05) is 12.7 Å². The van der Waals surface area contributed by atoms with E-state index in [1.165, 1.54) is 24.3 Å². The van der Waals surface area contributed by atoms with E-state index in [0.717, 1.165) is 22.5 Å². The molecule has 0 atom stereocenters. The smallest absolute Gasteiger partial charge is 0.349 e. The van der Waals surface area contributed by atoms with Gasteiger partial charge in [0.1, 0.15) is 4.88 Å². The van der Waals surface area contributed by atoms with Crippen LogP contribution in [0.1, 0.15) is 36.9 Å². The molecule has 9 nitrogen and oxygen atoms in total. The van der Waals surface area contributed by atoms with Crippen molar-refractivity contribution in [2.75, 3.05) is 30.8 Å². The summed E-state index contributed by atoms with van der Waals surface area (Å²) in [5.74, 6) is -1.87. The Morgan fingerprint density at radius 3 is 2.35 bits per heavy atom. The predicted molar refractivity (Wildman–Crippen MR) is 128 cm³/mol. The van der Waals surface area contributed by atoms with E-state index in [1.807, 2.05) is 32.0 Å². The third-order valence-corrected chi connectivity index (χ3v) is 6.10. The van der Waals surface area contributed by atoms with Crippen molar-refractivity contribution in [2.45, 2.75) is 20.8 Å². The molecule has 178 valence electrons. The van der Waals surface area contributed by atoms with Crippen molar-refractivity contribution in [3.05, 3.63) is 70.0 Å². The van der Waals surface area contributed by atoms with Crippen LogP contribution in [-0.4, -0.2) is 48.8 Å². The highest BCUT2D eigenvalue weighted by atomic mass is 32.1. The minimum absolute atomic E-state index is 0.144. The highest BCUT2D eigenvalue weighted by Gasteiger charge is 2.20. The Labute approximate surface area is 200 Å². The summed E-state index contributed by atoms with van der Waals surface area (Å²) in [6.07, 6.45) is 1.39. The first-order valence-electron chi connectivity index (χ1n) is 10.4. The maximum absolute atomic E-state index is 12.5. The van der Waals surface area contributed by atoms with Crippen LogP contribution >= 0.6 is 11.3 Å². The van der Waals surface area contributed by atoms with Crippen molar-refractivity contribution in [3.63, 3.8) is 0 Å². The lowest BCUT2D eigenvalue weighted by atomic mass is 10.1. The number of rotatable bonds is 8. The van der Waals surface area contributed by atoms with Crippen LogP contribution in [0.25, 0.3) is 0 Å². The Balaban J connectivity index is 1.51. The monoisotopic (exact) mass is 483 g/mol. The van der Waals surface area contributed by atoms with Gasteiger partial charge in [0.15, 0.2) is 12.4 Å². The summed E-state index contributed by atoms with van der Waals surface area (Å²) in [6, 6.07) is 10.4. The largest absolute Gasteiger partial charge is 0.459 e. The zero-order valence-corrected chi connectivity index (χ0v) is 20.1. The number of carbonyl (C=O) groups excluding carboxylic acids is 4. The fourth-order valence-corrected chi connectivity index (χ4v) is 4.09. The topological polar surface area (TPSA) is 118 Å². The molecule has 3 rings (SSSR count). The fraction of sp³-hybridized carbons (Fsp3) is 0.250. The molecule has 3 amide bonds. The number of hydrogen-bond donors (Lipinski definition) is 2. The number of aryl methyl sites for hydroxylation is 3. The first-order valence-corrected chi connectivity index (χ1v) is 11.2. The summed E-state index contributed by atoms with van der Waals surface area (Å²) in [5.41, 5.74) is 3.14. The summed E-state index contributed by atoms with van der Waals surface area (Å²) >= 11 is 1.03. The van der Waals surface area contributed by atoms with Crippen LogP contribution in [0.5, 0.6) is 0 Å². The van der Waals surface area contributed by atoms with Gasteiger partial charge in [-0.15, -0.1) is 11.3 Å². The molecule has 0 saturated carbocycles. The van der Waals surface area contributed by atoms with Crippen molar-refractivity contribution < 1.29 is 28.3 Å². The van der Waals surface area contributed by atoms with Crippen molar-refractivity contribution in [1.82, 2.24) is 4.90 Å². The number of ether oxygens (including phenoxy) is 1. The van der Waals surface area contributed by atoms with Gasteiger partial charge < -0.3 is 24.7 Å². The quantitative estimate of drug-likeness (QED) is 0.471. The second-order valence-corrected chi connectivity index (χ2v) is 8.75. The number of anilines is 2. The van der Waals surface area contributed by atoms with Gasteiger partial charge in [-0.1, -0.05) is 18.2 Å². The number of likely N-dealkylation sites (N-methyl/N-ethyl adjacent to an activating group) is 1. The first kappa shape index (κ1) is 24.7. The molecule has 0 aliphatic carbocycles. The third kappa shape index (κ3) is 6.10. The third-order valence-electron chi connectivity index (χ3n) is 4.96. The second-order valence-electron chi connectivity index (χ2n) is 7.70. The van der Waals surface area contributed by atoms with Crippen LogP contribution in [0.15, 0.2) is 47.1 Å². The number of carbonyl (C=O) groups is 4. The molecule has 0 aliphatic heterocycles. The normalized spacial score (nSPS) is 10.5. The summed E-state index contributed by atoms with van der Waals surface area (Å²) < 4.78 is 10.2. The number of furan rings is 1. The van der Waals surface area contributed by atoms with E-state index < -0.39 is 24.4 Å². The van der Waals surface area contributed by atoms with Crippen molar-refractivity contribution in [1.29, 1.82) is 0 Å². The zero-order chi connectivity index (χ0) is 24.8. The Morgan fingerprint density at radius 2 is 1.71 bits per heavy atom. The van der Waals surface area contributed by atoms with Gasteiger partial charge in [-0.25, -0.2) is 4.79 Å². The maximum atomic E-state index is 12.5. The molecule has 0 fully saturated rings. The number of benzene rings is 1. The highest BCUT2D eigenvalue weighted by Crippen LogP contribution is 2.28. The molecule has 2 heterocycles. The summed E-state index contributed by atoms with van der Waals surface area (Å²) in [4.78, 5) is 50.7. The molecule has 10 heteroatoms. The second kappa shape index (κ2) is 10.8. The molecule has 3 aromatic rings. The fourth-order valence-electron chi connectivity index (χ4n) is 3.12. The molecule has 0 spiro atoms. The van der Waals surface area contributed by atoms with E-state index in [1.54, 1.807) is 19.1 Å². The van der Waals surface area contributed by atoms with E-state index in [0.29, 0.717) is 16.3 Å². The number of esters is 1. The summed E-state index contributed by atoms with van der Waals surface area (Å²) in [7, 11) is 1.46. The van der Waals surface area contributed by atoms with E-state index in [4.69, 9.17) is 9.15 Å². The lowest BCUT2D eigenvalue weighted by Crippen LogP contribution is -2.37. The molecule has 0 saturated heterocycles. The maximum Gasteiger partial charge on any atom is 0.349 e. The molecule has 0 radical (unpaired) electrons. The first-order chi connectivity index (χ1) is 16.2. The van der Waals surface area contributed by atoms with Crippen LogP contribution in [0, 0.1) is 20.8 Å². The molecule has 0 bridgehead atoms. The van der Waals surface area contributed by atoms with Gasteiger partial charge in [-0.05, 0) is 55.7 Å². The summed E-state index contributed by atoms with van der Waals surface area (Å²) in [6.45, 7) is 4.76. The van der Waals surface area contributed by atoms with Gasteiger partial charge in [-0.2, -0.15) is 0 Å². The Kier molecular flexibility index (Phi) is 7.85. The van der Waals surface area contributed by atoms with E-state index in [-0.39, 0.29) is 23.1 Å². The predicted octanol–water partition coefficient (Wildman–Crippen LogP) is 3.77. The zero-order valence-electron chi connectivity index (χ0n) is 19.3. The number of nitrogens with one attached hydrogen (secondary N) is 2. The van der Waals surface area contributed by atoms with Crippen molar-refractivity contribution >= 4 is 45.7 Å². The van der Waals surface area contributed by atoms with Crippen LogP contribution in [-0.2, 0) is 14.3 Å². The van der Waals surface area contributed by atoms with E-state index in [9.17, 15) is 19.2 Å². The summed E-state index contributed by atoms with van der Waals surface area (Å²) in [5, 5.41) is 5.90. The number of hydrogen-bond acceptors (Lipinski definition) is 7. The molecule has 0 aliphatic rings. The number of amides is 3. The van der Waals surface area contributed by atoms with Crippen LogP contribution in [0.4, 0.5) is 10.7 Å². The standard InChI is InChI=1S/C24H25N3O6S/c1-14-7-5-8-15(2)21(14)25-18(28)12-27(4)20(29)13-33-24(31)22-16(3)11-19(34-22)26-23(30)17-9-6-10-32-17/h5-11H,12-13H2,1-4H3,(H,25,28)(H,26,30). The Bertz CT molecular complexity index is 1200.